The zero-order valence-electron chi connectivity index (χ0n) is 14.8. The Labute approximate surface area is 162 Å². The highest BCUT2D eigenvalue weighted by molar-refractivity contribution is 6.43. The Hall–Kier alpha value is -1.98. The molecule has 1 saturated heterocycles. The first-order valence-corrected chi connectivity index (χ1v) is 9.56. The Morgan fingerprint density at radius 3 is 2.62 bits per heavy atom. The summed E-state index contributed by atoms with van der Waals surface area (Å²) in [7, 11) is 0. The minimum atomic E-state index is 0.529. The van der Waals surface area contributed by atoms with Gasteiger partial charge in [0.2, 0.25) is 0 Å². The number of aromatic amines is 1. The second kappa shape index (κ2) is 6.97. The molecule has 1 aromatic carbocycles. The molecule has 26 heavy (non-hydrogen) atoms. The fraction of sp³-hybridized carbons (Fsp3) is 0.368. The summed E-state index contributed by atoms with van der Waals surface area (Å²) in [6.45, 7) is 6.00. The van der Waals surface area contributed by atoms with Crippen LogP contribution < -0.4 is 4.90 Å². The lowest BCUT2D eigenvalue weighted by Crippen LogP contribution is -2.34. The number of nitrogens with one attached hydrogen (secondary N) is 1. The molecule has 0 amide bonds. The zero-order chi connectivity index (χ0) is 18.3. The van der Waals surface area contributed by atoms with Crippen molar-refractivity contribution in [3.8, 4) is 5.69 Å². The van der Waals surface area contributed by atoms with E-state index in [0.29, 0.717) is 16.0 Å². The first-order valence-electron chi connectivity index (χ1n) is 8.80. The molecular formula is C19H21Cl2N5. The number of imidazole rings is 1. The maximum absolute atomic E-state index is 6.43. The van der Waals surface area contributed by atoms with Gasteiger partial charge in [-0.3, -0.25) is 0 Å². The molecule has 3 aromatic rings. The lowest BCUT2D eigenvalue weighted by Gasteiger charge is -2.33. The van der Waals surface area contributed by atoms with Crippen molar-refractivity contribution in [2.24, 2.45) is 0 Å². The molecule has 0 unspecified atom stereocenters. The van der Waals surface area contributed by atoms with Gasteiger partial charge in [0.05, 0.1) is 33.4 Å². The average Bonchev–Trinajstić information content (AvgIpc) is 3.23. The van der Waals surface area contributed by atoms with E-state index in [1.54, 1.807) is 12.4 Å². The summed E-state index contributed by atoms with van der Waals surface area (Å²) < 4.78 is 1.91. The summed E-state index contributed by atoms with van der Waals surface area (Å²) in [4.78, 5) is 10.0. The van der Waals surface area contributed by atoms with E-state index in [9.17, 15) is 0 Å². The predicted molar refractivity (Wildman–Crippen MR) is 106 cm³/mol. The molecule has 0 aliphatic carbocycles. The van der Waals surface area contributed by atoms with Gasteiger partial charge in [0.25, 0.3) is 0 Å². The van der Waals surface area contributed by atoms with Crippen molar-refractivity contribution in [1.82, 2.24) is 19.7 Å². The zero-order valence-corrected chi connectivity index (χ0v) is 16.3. The molecule has 0 spiro atoms. The molecule has 1 aliphatic heterocycles. The van der Waals surface area contributed by atoms with E-state index in [1.165, 1.54) is 5.69 Å². The number of nitrogens with zero attached hydrogens (tertiary/aromatic N) is 4. The maximum atomic E-state index is 6.43. The fourth-order valence-electron chi connectivity index (χ4n) is 3.73. The van der Waals surface area contributed by atoms with Crippen molar-refractivity contribution in [3.05, 3.63) is 57.7 Å². The minimum Gasteiger partial charge on any atom is -0.356 e. The molecule has 3 heterocycles. The number of hydrogen-bond donors (Lipinski definition) is 1. The number of rotatable bonds is 3. The third-order valence-electron chi connectivity index (χ3n) is 5.07. The number of aromatic nitrogens is 4. The van der Waals surface area contributed by atoms with Gasteiger partial charge < -0.3 is 9.88 Å². The Morgan fingerprint density at radius 1 is 1.15 bits per heavy atom. The van der Waals surface area contributed by atoms with Gasteiger partial charge >= 0.3 is 0 Å². The van der Waals surface area contributed by atoms with Crippen LogP contribution in [0.4, 0.5) is 5.82 Å². The van der Waals surface area contributed by atoms with E-state index >= 15 is 0 Å². The van der Waals surface area contributed by atoms with E-state index in [2.05, 4.69) is 33.0 Å². The van der Waals surface area contributed by atoms with E-state index in [-0.39, 0.29) is 0 Å². The van der Waals surface area contributed by atoms with E-state index in [0.717, 1.165) is 48.8 Å². The van der Waals surface area contributed by atoms with Crippen molar-refractivity contribution < 1.29 is 0 Å². The van der Waals surface area contributed by atoms with Crippen LogP contribution in [0.15, 0.2) is 30.6 Å². The Bertz CT molecular complexity index is 922. The van der Waals surface area contributed by atoms with Gasteiger partial charge in [0.1, 0.15) is 5.82 Å². The van der Waals surface area contributed by atoms with Crippen LogP contribution in [-0.2, 0) is 0 Å². The topological polar surface area (TPSA) is 49.7 Å². The number of H-pyrrole nitrogens is 1. The van der Waals surface area contributed by atoms with Gasteiger partial charge in [-0.05, 0) is 38.8 Å². The summed E-state index contributed by atoms with van der Waals surface area (Å²) in [6.07, 6.45) is 3.95. The lowest BCUT2D eigenvalue weighted by atomic mass is 9.92. The molecule has 0 atom stereocenters. The van der Waals surface area contributed by atoms with Gasteiger partial charge in [-0.1, -0.05) is 29.3 Å². The normalized spacial score (nSPS) is 15.6. The molecule has 5 nitrogen and oxygen atoms in total. The second-order valence-electron chi connectivity index (χ2n) is 6.79. The molecule has 136 valence electrons. The van der Waals surface area contributed by atoms with Crippen LogP contribution in [0.3, 0.4) is 0 Å². The number of benzene rings is 1. The van der Waals surface area contributed by atoms with Crippen LogP contribution in [-0.4, -0.2) is 32.8 Å². The van der Waals surface area contributed by atoms with Crippen LogP contribution in [0, 0.1) is 13.8 Å². The summed E-state index contributed by atoms with van der Waals surface area (Å²) in [5, 5.41) is 5.72. The van der Waals surface area contributed by atoms with Crippen LogP contribution in [0.1, 0.15) is 35.8 Å². The van der Waals surface area contributed by atoms with Crippen molar-refractivity contribution in [1.29, 1.82) is 0 Å². The first kappa shape index (κ1) is 17.4. The summed E-state index contributed by atoms with van der Waals surface area (Å²) in [6, 6.07) is 7.75. The van der Waals surface area contributed by atoms with Crippen molar-refractivity contribution in [2.75, 3.05) is 18.0 Å². The number of aryl methyl sites for hydroxylation is 2. The number of piperidine rings is 1. The van der Waals surface area contributed by atoms with Crippen molar-refractivity contribution in [2.45, 2.75) is 32.6 Å². The number of halogens is 2. The SMILES string of the molecule is Cc1cc(N2CCC(c3[nH]cnc3C)CC2)n(-c2cccc(Cl)c2Cl)n1. The number of anilines is 1. The summed E-state index contributed by atoms with van der Waals surface area (Å²) in [5.41, 5.74) is 4.15. The lowest BCUT2D eigenvalue weighted by molar-refractivity contribution is 0.490. The fourth-order valence-corrected chi connectivity index (χ4v) is 4.10. The largest absolute Gasteiger partial charge is 0.356 e. The van der Waals surface area contributed by atoms with Gasteiger partial charge in [-0.15, -0.1) is 0 Å². The Balaban J connectivity index is 1.60. The standard InChI is InChI=1S/C19H21Cl2N5/c1-12-10-17(26(24-12)16-5-3-4-15(20)18(16)21)25-8-6-14(7-9-25)19-13(2)22-11-23-19/h3-5,10-11,14H,6-9H2,1-2H3,(H,22,23). The maximum Gasteiger partial charge on any atom is 0.132 e. The highest BCUT2D eigenvalue weighted by Gasteiger charge is 2.26. The van der Waals surface area contributed by atoms with E-state index < -0.39 is 0 Å². The predicted octanol–water partition coefficient (Wildman–Crippen LogP) is 4.90. The average molecular weight is 390 g/mol. The van der Waals surface area contributed by atoms with E-state index in [1.807, 2.05) is 23.7 Å². The molecule has 0 radical (unpaired) electrons. The summed E-state index contributed by atoms with van der Waals surface area (Å²) in [5.74, 6) is 1.59. The minimum absolute atomic E-state index is 0.529. The van der Waals surface area contributed by atoms with Crippen molar-refractivity contribution >= 4 is 29.0 Å². The molecular weight excluding hydrogens is 369 g/mol. The smallest absolute Gasteiger partial charge is 0.132 e. The van der Waals surface area contributed by atoms with Crippen LogP contribution in [0.5, 0.6) is 0 Å². The third-order valence-corrected chi connectivity index (χ3v) is 5.88. The van der Waals surface area contributed by atoms with Crippen LogP contribution >= 0.6 is 23.2 Å². The molecule has 4 rings (SSSR count). The van der Waals surface area contributed by atoms with Gasteiger partial charge in [0, 0.05) is 30.8 Å². The number of hydrogen-bond acceptors (Lipinski definition) is 3. The Kier molecular flexibility index (Phi) is 4.67. The molecule has 1 fully saturated rings. The van der Waals surface area contributed by atoms with Crippen molar-refractivity contribution in [3.63, 3.8) is 0 Å². The Morgan fingerprint density at radius 2 is 1.92 bits per heavy atom. The highest BCUT2D eigenvalue weighted by atomic mass is 35.5. The monoisotopic (exact) mass is 389 g/mol. The van der Waals surface area contributed by atoms with Gasteiger partial charge in [0.15, 0.2) is 0 Å². The quantitative estimate of drug-likeness (QED) is 0.692. The first-order chi connectivity index (χ1) is 12.5. The van der Waals surface area contributed by atoms with Gasteiger partial charge in [-0.2, -0.15) is 5.10 Å². The molecule has 1 N–H and O–H groups in total. The van der Waals surface area contributed by atoms with Crippen LogP contribution in [0.25, 0.3) is 5.69 Å². The van der Waals surface area contributed by atoms with Crippen LogP contribution in [0.2, 0.25) is 10.0 Å². The molecule has 0 saturated carbocycles. The van der Waals surface area contributed by atoms with Gasteiger partial charge in [-0.25, -0.2) is 9.67 Å². The molecule has 0 bridgehead atoms. The van der Waals surface area contributed by atoms with E-state index in [4.69, 9.17) is 23.2 Å². The second-order valence-corrected chi connectivity index (χ2v) is 7.58. The molecule has 2 aromatic heterocycles. The highest BCUT2D eigenvalue weighted by Crippen LogP contribution is 2.34. The third kappa shape index (κ3) is 3.10. The molecule has 7 heteroatoms. The molecule has 1 aliphatic rings. The summed E-state index contributed by atoms with van der Waals surface area (Å²) >= 11 is 12.6.